The first-order chi connectivity index (χ1) is 9.87. The molecule has 122 valence electrons. The number of nitrogens with one attached hydrogen (secondary N) is 2. The summed E-state index contributed by atoms with van der Waals surface area (Å²) in [4.78, 5) is 34.7. The molecule has 0 unspecified atom stereocenters. The maximum absolute atomic E-state index is 12.1. The fourth-order valence-electron chi connectivity index (χ4n) is 1.32. The molecule has 0 radical (unpaired) electrons. The number of hydrogen-bond acceptors (Lipinski definition) is 7. The standard InChI is InChI=1S/C11H21N3O4S3/c1-21-3-2-7(13-9(15)6(12)4-19)10(16)14-8(5-20)11(17)18/h6-8,19-20H,2-5,12H2,1H3,(H,13,15)(H,14,16)(H,17,18)/t6-,7-,8-/m0/s1. The zero-order valence-corrected chi connectivity index (χ0v) is 14.2. The van der Waals surface area contributed by atoms with Crippen molar-refractivity contribution in [2.24, 2.45) is 5.73 Å². The van der Waals surface area contributed by atoms with Crippen LogP contribution in [-0.4, -0.2) is 64.5 Å². The van der Waals surface area contributed by atoms with E-state index in [9.17, 15) is 14.4 Å². The van der Waals surface area contributed by atoms with Gasteiger partial charge in [-0.2, -0.15) is 37.0 Å². The fraction of sp³-hybridized carbons (Fsp3) is 0.727. The van der Waals surface area contributed by atoms with Gasteiger partial charge in [0.05, 0.1) is 6.04 Å². The van der Waals surface area contributed by atoms with Crippen LogP contribution >= 0.6 is 37.0 Å². The number of carboxylic acid groups (broad SMARTS) is 1. The summed E-state index contributed by atoms with van der Waals surface area (Å²) in [5.41, 5.74) is 5.54. The van der Waals surface area contributed by atoms with Gasteiger partial charge in [-0.05, 0) is 18.4 Å². The number of thiol groups is 2. The summed E-state index contributed by atoms with van der Waals surface area (Å²) >= 11 is 9.30. The number of hydrogen-bond donors (Lipinski definition) is 6. The Morgan fingerprint density at radius 1 is 1.14 bits per heavy atom. The highest BCUT2D eigenvalue weighted by Crippen LogP contribution is 2.03. The van der Waals surface area contributed by atoms with E-state index in [-0.39, 0.29) is 11.5 Å². The second-order valence-electron chi connectivity index (χ2n) is 4.21. The van der Waals surface area contributed by atoms with Crippen molar-refractivity contribution < 1.29 is 19.5 Å². The van der Waals surface area contributed by atoms with Gasteiger partial charge in [-0.25, -0.2) is 4.79 Å². The fourth-order valence-corrected chi connectivity index (χ4v) is 2.21. The molecule has 0 aromatic carbocycles. The van der Waals surface area contributed by atoms with Crippen molar-refractivity contribution >= 4 is 54.8 Å². The number of thioether (sulfide) groups is 1. The highest BCUT2D eigenvalue weighted by atomic mass is 32.2. The summed E-state index contributed by atoms with van der Waals surface area (Å²) in [7, 11) is 0. The van der Waals surface area contributed by atoms with Crippen LogP contribution in [0.5, 0.6) is 0 Å². The molecule has 0 aromatic rings. The van der Waals surface area contributed by atoms with Gasteiger partial charge in [0.15, 0.2) is 0 Å². The van der Waals surface area contributed by atoms with Crippen LogP contribution in [0.4, 0.5) is 0 Å². The second kappa shape index (κ2) is 11.0. The Kier molecular flexibility index (Phi) is 10.7. The van der Waals surface area contributed by atoms with Crippen LogP contribution in [0.1, 0.15) is 6.42 Å². The lowest BCUT2D eigenvalue weighted by Crippen LogP contribution is -2.55. The number of rotatable bonds is 10. The zero-order valence-electron chi connectivity index (χ0n) is 11.6. The summed E-state index contributed by atoms with van der Waals surface area (Å²) in [5.74, 6) is -1.50. The molecule has 3 atom stereocenters. The molecule has 2 amide bonds. The third kappa shape index (κ3) is 7.84. The molecule has 21 heavy (non-hydrogen) atoms. The Labute approximate surface area is 139 Å². The average Bonchev–Trinajstić information content (AvgIpc) is 2.46. The van der Waals surface area contributed by atoms with Gasteiger partial charge in [-0.3, -0.25) is 9.59 Å². The van der Waals surface area contributed by atoms with E-state index in [1.165, 1.54) is 11.8 Å². The van der Waals surface area contributed by atoms with Crippen molar-refractivity contribution in [2.45, 2.75) is 24.5 Å². The Morgan fingerprint density at radius 2 is 1.71 bits per heavy atom. The number of amides is 2. The van der Waals surface area contributed by atoms with Crippen molar-refractivity contribution in [2.75, 3.05) is 23.5 Å². The van der Waals surface area contributed by atoms with E-state index in [1.807, 2.05) is 6.26 Å². The molecule has 0 heterocycles. The van der Waals surface area contributed by atoms with E-state index in [0.29, 0.717) is 12.2 Å². The predicted octanol–water partition coefficient (Wildman–Crippen LogP) is -1.02. The second-order valence-corrected chi connectivity index (χ2v) is 5.93. The van der Waals surface area contributed by atoms with Crippen molar-refractivity contribution in [1.82, 2.24) is 10.6 Å². The van der Waals surface area contributed by atoms with E-state index in [4.69, 9.17) is 10.8 Å². The van der Waals surface area contributed by atoms with E-state index < -0.39 is 35.9 Å². The van der Waals surface area contributed by atoms with Gasteiger partial charge in [-0.1, -0.05) is 0 Å². The Hall–Kier alpha value is -0.580. The Balaban J connectivity index is 4.76. The van der Waals surface area contributed by atoms with Crippen molar-refractivity contribution in [3.8, 4) is 0 Å². The molecule has 0 aliphatic heterocycles. The van der Waals surface area contributed by atoms with Gasteiger partial charge in [-0.15, -0.1) is 0 Å². The summed E-state index contributed by atoms with van der Waals surface area (Å²) in [5, 5.41) is 13.8. The third-order valence-electron chi connectivity index (χ3n) is 2.57. The quantitative estimate of drug-likeness (QED) is 0.279. The van der Waals surface area contributed by atoms with Gasteiger partial charge >= 0.3 is 5.97 Å². The van der Waals surface area contributed by atoms with Gasteiger partial charge in [0.2, 0.25) is 11.8 Å². The molecule has 0 aromatic heterocycles. The monoisotopic (exact) mass is 355 g/mol. The van der Waals surface area contributed by atoms with Crippen molar-refractivity contribution in [3.63, 3.8) is 0 Å². The molecule has 5 N–H and O–H groups in total. The first kappa shape index (κ1) is 20.4. The summed E-state index contributed by atoms with van der Waals surface area (Å²) in [6.45, 7) is 0. The molecule has 0 rings (SSSR count). The number of carbonyl (C=O) groups is 3. The van der Waals surface area contributed by atoms with Crippen LogP contribution in [0.3, 0.4) is 0 Å². The summed E-state index contributed by atoms with van der Waals surface area (Å²) < 4.78 is 0. The van der Waals surface area contributed by atoms with Crippen molar-refractivity contribution in [3.05, 3.63) is 0 Å². The van der Waals surface area contributed by atoms with E-state index in [1.54, 1.807) is 0 Å². The Morgan fingerprint density at radius 3 is 2.14 bits per heavy atom. The molecule has 10 heteroatoms. The van der Waals surface area contributed by atoms with Crippen LogP contribution < -0.4 is 16.4 Å². The van der Waals surface area contributed by atoms with Crippen molar-refractivity contribution in [1.29, 1.82) is 0 Å². The molecular formula is C11H21N3O4S3. The summed E-state index contributed by atoms with van der Waals surface area (Å²) in [6.07, 6.45) is 2.24. The summed E-state index contributed by atoms with van der Waals surface area (Å²) in [6, 6.07) is -2.76. The van der Waals surface area contributed by atoms with E-state index in [2.05, 4.69) is 35.9 Å². The van der Waals surface area contributed by atoms with E-state index >= 15 is 0 Å². The average molecular weight is 356 g/mol. The maximum atomic E-state index is 12.1. The van der Waals surface area contributed by atoms with Gasteiger partial charge in [0.25, 0.3) is 0 Å². The number of carboxylic acids is 1. The minimum Gasteiger partial charge on any atom is -0.480 e. The number of aliphatic carboxylic acids is 1. The molecule has 0 fully saturated rings. The molecule has 0 aliphatic rings. The van der Waals surface area contributed by atoms with Crippen LogP contribution in [0, 0.1) is 0 Å². The van der Waals surface area contributed by atoms with Crippen LogP contribution in [0.2, 0.25) is 0 Å². The largest absolute Gasteiger partial charge is 0.480 e. The van der Waals surface area contributed by atoms with Gasteiger partial charge in [0.1, 0.15) is 12.1 Å². The topological polar surface area (TPSA) is 122 Å². The highest BCUT2D eigenvalue weighted by molar-refractivity contribution is 7.98. The molecule has 0 saturated carbocycles. The molecule has 7 nitrogen and oxygen atoms in total. The smallest absolute Gasteiger partial charge is 0.327 e. The predicted molar refractivity (Wildman–Crippen MR) is 90.2 cm³/mol. The lowest BCUT2D eigenvalue weighted by Gasteiger charge is -2.21. The lowest BCUT2D eigenvalue weighted by molar-refractivity contribution is -0.141. The minimum atomic E-state index is -1.18. The van der Waals surface area contributed by atoms with Gasteiger partial charge in [0, 0.05) is 11.5 Å². The molecule has 0 spiro atoms. The number of nitrogens with two attached hydrogens (primary N) is 1. The Bertz CT molecular complexity index is 371. The minimum absolute atomic E-state index is 0.0412. The number of carbonyl (C=O) groups excluding carboxylic acids is 2. The van der Waals surface area contributed by atoms with Gasteiger partial charge < -0.3 is 21.5 Å². The molecule has 0 saturated heterocycles. The van der Waals surface area contributed by atoms with Crippen LogP contribution in [0.15, 0.2) is 0 Å². The first-order valence-electron chi connectivity index (χ1n) is 6.17. The molecular weight excluding hydrogens is 334 g/mol. The lowest BCUT2D eigenvalue weighted by atomic mass is 10.1. The SMILES string of the molecule is CSCC[C@H](NC(=O)[C@@H](N)CS)C(=O)N[C@@H](CS)C(=O)O. The maximum Gasteiger partial charge on any atom is 0.327 e. The van der Waals surface area contributed by atoms with Crippen LogP contribution in [0.25, 0.3) is 0 Å². The third-order valence-corrected chi connectivity index (χ3v) is 3.98. The highest BCUT2D eigenvalue weighted by Gasteiger charge is 2.26. The molecule has 0 bridgehead atoms. The zero-order chi connectivity index (χ0) is 16.4. The van der Waals surface area contributed by atoms with Crippen LogP contribution in [-0.2, 0) is 14.4 Å². The normalized spacial score (nSPS) is 14.9. The first-order valence-corrected chi connectivity index (χ1v) is 8.83. The van der Waals surface area contributed by atoms with E-state index in [0.717, 1.165) is 0 Å². The molecule has 0 aliphatic carbocycles.